The second-order valence-electron chi connectivity index (χ2n) is 6.04. The third kappa shape index (κ3) is 3.84. The van der Waals surface area contributed by atoms with E-state index in [1.807, 2.05) is 6.07 Å². The van der Waals surface area contributed by atoms with Crippen molar-refractivity contribution in [2.75, 3.05) is 5.75 Å². The van der Waals surface area contributed by atoms with Crippen LogP contribution in [0.5, 0.6) is 0 Å². The molecule has 150 valence electrons. The van der Waals surface area contributed by atoms with E-state index >= 15 is 0 Å². The summed E-state index contributed by atoms with van der Waals surface area (Å²) in [6.07, 6.45) is 0.114. The Morgan fingerprint density at radius 2 is 1.97 bits per heavy atom. The lowest BCUT2D eigenvalue weighted by atomic mass is 10.2. The zero-order valence-corrected chi connectivity index (χ0v) is 16.1. The van der Waals surface area contributed by atoms with Gasteiger partial charge in [0.1, 0.15) is 11.2 Å². The van der Waals surface area contributed by atoms with Crippen LogP contribution in [0.1, 0.15) is 18.1 Å². The Kier molecular flexibility index (Phi) is 5.15. The van der Waals surface area contributed by atoms with Crippen molar-refractivity contribution >= 4 is 27.1 Å². The van der Waals surface area contributed by atoms with Crippen molar-refractivity contribution < 1.29 is 21.6 Å². The lowest BCUT2D eigenvalue weighted by Crippen LogP contribution is -2.13. The third-order valence-electron chi connectivity index (χ3n) is 4.19. The molecule has 0 unspecified atom stereocenters. The fraction of sp³-hybridized carbons (Fsp3) is 0.222. The topological polar surface area (TPSA) is 102 Å². The summed E-state index contributed by atoms with van der Waals surface area (Å²) in [6, 6.07) is 4.05. The number of nitriles is 1. The van der Waals surface area contributed by atoms with Crippen LogP contribution >= 0.6 is 0 Å². The van der Waals surface area contributed by atoms with Crippen LogP contribution in [-0.4, -0.2) is 33.7 Å². The Balaban J connectivity index is 2.27. The average molecular weight is 421 g/mol. The zero-order valence-electron chi connectivity index (χ0n) is 15.3. The average Bonchev–Trinajstić information content (AvgIpc) is 3.01. The van der Waals surface area contributed by atoms with Gasteiger partial charge in [0, 0.05) is 25.5 Å². The Labute approximate surface area is 164 Å². The first-order valence-electron chi connectivity index (χ1n) is 8.27. The molecular formula is C18H14F3N5O2S. The number of pyridine rings is 2. The number of nitrogens with zero attached hydrogens (tertiary/aromatic N) is 5. The molecule has 0 saturated heterocycles. The predicted molar refractivity (Wildman–Crippen MR) is 99.1 cm³/mol. The van der Waals surface area contributed by atoms with Gasteiger partial charge < -0.3 is 4.57 Å². The van der Waals surface area contributed by atoms with Gasteiger partial charge in [0.15, 0.2) is 21.3 Å². The number of aromatic nitrogens is 4. The number of sulfone groups is 1. The minimum Gasteiger partial charge on any atom is -0.310 e. The number of hydrogen-bond donors (Lipinski definition) is 0. The van der Waals surface area contributed by atoms with Gasteiger partial charge in [-0.25, -0.2) is 18.4 Å². The first-order chi connectivity index (χ1) is 13.6. The molecule has 3 aromatic heterocycles. The molecule has 0 saturated carbocycles. The van der Waals surface area contributed by atoms with Crippen molar-refractivity contribution in [1.82, 2.24) is 19.5 Å². The summed E-state index contributed by atoms with van der Waals surface area (Å²) in [7, 11) is -2.46. The van der Waals surface area contributed by atoms with Crippen molar-refractivity contribution in [1.29, 1.82) is 5.26 Å². The summed E-state index contributed by atoms with van der Waals surface area (Å²) in [5.74, 6) is -0.330. The Morgan fingerprint density at radius 1 is 1.24 bits per heavy atom. The van der Waals surface area contributed by atoms with E-state index in [0.29, 0.717) is 29.0 Å². The van der Waals surface area contributed by atoms with Crippen LogP contribution in [0.15, 0.2) is 35.5 Å². The Bertz CT molecular complexity index is 1270. The highest BCUT2D eigenvalue weighted by atomic mass is 32.2. The highest BCUT2D eigenvalue weighted by Gasteiger charge is 2.34. The molecule has 29 heavy (non-hydrogen) atoms. The molecule has 7 nitrogen and oxygen atoms in total. The van der Waals surface area contributed by atoms with Gasteiger partial charge in [-0.3, -0.25) is 4.98 Å². The van der Waals surface area contributed by atoms with E-state index in [-0.39, 0.29) is 11.5 Å². The van der Waals surface area contributed by atoms with Crippen molar-refractivity contribution in [3.8, 4) is 17.6 Å². The summed E-state index contributed by atoms with van der Waals surface area (Å²) < 4.78 is 65.7. The van der Waals surface area contributed by atoms with E-state index in [0.717, 1.165) is 0 Å². The summed E-state index contributed by atoms with van der Waals surface area (Å²) in [5, 5.41) is 8.63. The van der Waals surface area contributed by atoms with Gasteiger partial charge >= 0.3 is 6.18 Å². The molecule has 11 heteroatoms. The quantitative estimate of drug-likeness (QED) is 0.599. The van der Waals surface area contributed by atoms with E-state index in [9.17, 15) is 21.6 Å². The molecule has 0 spiro atoms. The number of imidazole rings is 1. The van der Waals surface area contributed by atoms with Crippen molar-refractivity contribution in [3.05, 3.63) is 41.7 Å². The van der Waals surface area contributed by atoms with Crippen molar-refractivity contribution in [2.45, 2.75) is 18.0 Å². The maximum atomic E-state index is 13.1. The smallest absolute Gasteiger partial charge is 0.310 e. The van der Waals surface area contributed by atoms with Crippen LogP contribution in [0.2, 0.25) is 0 Å². The normalized spacial score (nSPS) is 12.6. The lowest BCUT2D eigenvalue weighted by Gasteiger charge is -2.12. The molecule has 3 heterocycles. The highest BCUT2D eigenvalue weighted by Crippen LogP contribution is 2.34. The first-order valence-corrected chi connectivity index (χ1v) is 9.92. The van der Waals surface area contributed by atoms with Crippen molar-refractivity contribution in [2.24, 2.45) is 7.05 Å². The standard InChI is InChI=1S/C18H14F3N5O2S/c1-3-29(27,28)14-8-12(18(19,20)21)10-23-15(14)17-25-13-7-11(5-4-6-22)9-24-16(13)26(17)2/h4-5,7-10H,3H2,1-2H3. The summed E-state index contributed by atoms with van der Waals surface area (Å²) in [5.41, 5.74) is 0.00817. The van der Waals surface area contributed by atoms with Crippen LogP contribution < -0.4 is 0 Å². The molecule has 0 aliphatic heterocycles. The van der Waals surface area contributed by atoms with Crippen LogP contribution in [0.25, 0.3) is 28.8 Å². The lowest BCUT2D eigenvalue weighted by molar-refractivity contribution is -0.138. The monoisotopic (exact) mass is 421 g/mol. The molecule has 0 aliphatic carbocycles. The summed E-state index contributed by atoms with van der Waals surface area (Å²) in [4.78, 5) is 11.8. The number of rotatable bonds is 4. The molecule has 0 aliphatic rings. The van der Waals surface area contributed by atoms with Crippen LogP contribution in [0.3, 0.4) is 0 Å². The first kappa shape index (κ1) is 20.5. The molecule has 0 bridgehead atoms. The van der Waals surface area contributed by atoms with Crippen molar-refractivity contribution in [3.63, 3.8) is 0 Å². The molecule has 0 amide bonds. The molecule has 0 fully saturated rings. The molecule has 0 aromatic carbocycles. The van der Waals surface area contributed by atoms with E-state index in [2.05, 4.69) is 15.0 Å². The zero-order chi connectivity index (χ0) is 21.4. The van der Waals surface area contributed by atoms with Crippen LogP contribution in [0.4, 0.5) is 13.2 Å². The Hall–Kier alpha value is -3.26. The maximum Gasteiger partial charge on any atom is 0.417 e. The SMILES string of the molecule is CCS(=O)(=O)c1cc(C(F)(F)F)cnc1-c1nc2cc(C=CC#N)cnc2n1C. The second-order valence-corrected chi connectivity index (χ2v) is 8.29. The van der Waals surface area contributed by atoms with E-state index < -0.39 is 32.2 Å². The van der Waals surface area contributed by atoms with Crippen LogP contribution in [0, 0.1) is 11.3 Å². The molecule has 0 N–H and O–H groups in total. The molecule has 0 atom stereocenters. The summed E-state index contributed by atoms with van der Waals surface area (Å²) >= 11 is 0. The molecule has 0 radical (unpaired) electrons. The fourth-order valence-corrected chi connectivity index (χ4v) is 3.74. The molecule has 3 aromatic rings. The van der Waals surface area contributed by atoms with Gasteiger partial charge in [0.25, 0.3) is 0 Å². The van der Waals surface area contributed by atoms with Gasteiger partial charge in [-0.15, -0.1) is 0 Å². The third-order valence-corrected chi connectivity index (χ3v) is 5.93. The van der Waals surface area contributed by atoms with Gasteiger partial charge in [0.2, 0.25) is 0 Å². The minimum atomic E-state index is -4.74. The molecular weight excluding hydrogens is 407 g/mol. The second kappa shape index (κ2) is 7.29. The molecule has 3 rings (SSSR count). The highest BCUT2D eigenvalue weighted by molar-refractivity contribution is 7.91. The number of hydrogen-bond acceptors (Lipinski definition) is 6. The number of allylic oxidation sites excluding steroid dienone is 1. The van der Waals surface area contributed by atoms with Gasteiger partial charge in [-0.2, -0.15) is 18.4 Å². The van der Waals surface area contributed by atoms with E-state index in [1.165, 1.54) is 29.8 Å². The number of aryl methyl sites for hydroxylation is 1. The van der Waals surface area contributed by atoms with Gasteiger partial charge in [0.05, 0.1) is 22.3 Å². The predicted octanol–water partition coefficient (Wildman–Crippen LogP) is 3.38. The number of fused-ring (bicyclic) bond motifs is 1. The largest absolute Gasteiger partial charge is 0.417 e. The Morgan fingerprint density at radius 3 is 2.59 bits per heavy atom. The summed E-state index contributed by atoms with van der Waals surface area (Å²) in [6.45, 7) is 1.34. The number of halogens is 3. The van der Waals surface area contributed by atoms with E-state index in [1.54, 1.807) is 13.1 Å². The van der Waals surface area contributed by atoms with Gasteiger partial charge in [-0.05, 0) is 23.8 Å². The minimum absolute atomic E-state index is 0.0645. The van der Waals surface area contributed by atoms with E-state index in [4.69, 9.17) is 5.26 Å². The van der Waals surface area contributed by atoms with Crippen LogP contribution in [-0.2, 0) is 23.1 Å². The maximum absolute atomic E-state index is 13.1. The number of alkyl halides is 3. The fourth-order valence-electron chi connectivity index (χ4n) is 2.69. The van der Waals surface area contributed by atoms with Gasteiger partial charge in [-0.1, -0.05) is 6.92 Å².